The van der Waals surface area contributed by atoms with E-state index in [4.69, 9.17) is 22.2 Å². The summed E-state index contributed by atoms with van der Waals surface area (Å²) in [7, 11) is 0. The van der Waals surface area contributed by atoms with E-state index in [-0.39, 0.29) is 5.84 Å². The van der Waals surface area contributed by atoms with Crippen LogP contribution in [-0.2, 0) is 9.63 Å². The summed E-state index contributed by atoms with van der Waals surface area (Å²) in [6.45, 7) is 3.15. The number of rotatable bonds is 5. The third-order valence-corrected chi connectivity index (χ3v) is 3.47. The van der Waals surface area contributed by atoms with Crippen molar-refractivity contribution < 1.29 is 14.0 Å². The Morgan fingerprint density at radius 3 is 2.75 bits per heavy atom. The van der Waals surface area contributed by atoms with E-state index in [1.807, 2.05) is 0 Å². The second-order valence-corrected chi connectivity index (χ2v) is 5.62. The highest BCUT2D eigenvalue weighted by atomic mass is 35.5. The molecule has 1 unspecified atom stereocenters. The number of benzene rings is 2. The molecule has 2 aromatic rings. The lowest BCUT2D eigenvalue weighted by molar-refractivity contribution is -0.126. The molecule has 0 bridgehead atoms. The largest absolute Gasteiger partial charge is 0.381 e. The maximum atomic E-state index is 13.5. The third-order valence-electron chi connectivity index (χ3n) is 3.24. The van der Waals surface area contributed by atoms with Crippen molar-refractivity contribution in [2.24, 2.45) is 10.9 Å². The fourth-order valence-electron chi connectivity index (χ4n) is 1.80. The van der Waals surface area contributed by atoms with Gasteiger partial charge in [0, 0.05) is 16.3 Å². The van der Waals surface area contributed by atoms with Gasteiger partial charge in [0.2, 0.25) is 6.10 Å². The lowest BCUT2D eigenvalue weighted by Gasteiger charge is -2.11. The van der Waals surface area contributed by atoms with Gasteiger partial charge in [-0.1, -0.05) is 35.0 Å². The minimum Gasteiger partial charge on any atom is -0.381 e. The maximum Gasteiger partial charge on any atom is 0.267 e. The lowest BCUT2D eigenvalue weighted by atomic mass is 10.2. The Balaban J connectivity index is 1.98. The molecule has 24 heavy (non-hydrogen) atoms. The molecule has 0 saturated heterocycles. The fraction of sp³-hybridized carbons (Fsp3) is 0.176. The molecule has 5 nitrogen and oxygen atoms in total. The minimum atomic E-state index is -0.910. The highest BCUT2D eigenvalue weighted by Gasteiger charge is 2.15. The summed E-state index contributed by atoms with van der Waals surface area (Å²) in [5, 5.41) is 6.79. The molecule has 1 amide bonds. The van der Waals surface area contributed by atoms with Crippen molar-refractivity contribution >= 4 is 29.0 Å². The van der Waals surface area contributed by atoms with Crippen LogP contribution in [0.3, 0.4) is 0 Å². The molecule has 0 radical (unpaired) electrons. The van der Waals surface area contributed by atoms with Crippen LogP contribution in [0.5, 0.6) is 0 Å². The van der Waals surface area contributed by atoms with E-state index in [0.29, 0.717) is 21.8 Å². The molecule has 0 spiro atoms. The zero-order valence-electron chi connectivity index (χ0n) is 13.2. The number of aryl methyl sites for hydroxylation is 1. The quantitative estimate of drug-likeness (QED) is 0.493. The van der Waals surface area contributed by atoms with Crippen LogP contribution in [0.2, 0.25) is 5.02 Å². The van der Waals surface area contributed by atoms with Gasteiger partial charge in [0.15, 0.2) is 5.84 Å². The summed E-state index contributed by atoms with van der Waals surface area (Å²) in [6, 6.07) is 11.2. The first-order valence-corrected chi connectivity index (χ1v) is 7.57. The van der Waals surface area contributed by atoms with Gasteiger partial charge in [-0.05, 0) is 43.7 Å². The Morgan fingerprint density at radius 2 is 2.08 bits per heavy atom. The molecule has 2 aromatic carbocycles. The van der Waals surface area contributed by atoms with Crippen molar-refractivity contribution in [3.8, 4) is 0 Å². The fourth-order valence-corrected chi connectivity index (χ4v) is 1.99. The van der Waals surface area contributed by atoms with E-state index in [0.717, 1.165) is 0 Å². The van der Waals surface area contributed by atoms with Crippen LogP contribution in [-0.4, -0.2) is 17.8 Å². The Labute approximate surface area is 144 Å². The second kappa shape index (κ2) is 7.79. The van der Waals surface area contributed by atoms with Gasteiger partial charge in [0.1, 0.15) is 5.82 Å². The third kappa shape index (κ3) is 4.70. The predicted octanol–water partition coefficient (Wildman–Crippen LogP) is 3.45. The van der Waals surface area contributed by atoms with E-state index in [9.17, 15) is 9.18 Å². The van der Waals surface area contributed by atoms with Crippen LogP contribution in [0.15, 0.2) is 47.6 Å². The number of amides is 1. The second-order valence-electron chi connectivity index (χ2n) is 5.19. The topological polar surface area (TPSA) is 76.7 Å². The van der Waals surface area contributed by atoms with Crippen molar-refractivity contribution in [3.05, 3.63) is 64.4 Å². The van der Waals surface area contributed by atoms with Gasteiger partial charge >= 0.3 is 0 Å². The van der Waals surface area contributed by atoms with E-state index >= 15 is 0 Å². The van der Waals surface area contributed by atoms with Crippen LogP contribution < -0.4 is 11.1 Å². The smallest absolute Gasteiger partial charge is 0.267 e. The summed E-state index contributed by atoms with van der Waals surface area (Å²) in [4.78, 5) is 17.1. The normalized spacial score (nSPS) is 12.6. The summed E-state index contributed by atoms with van der Waals surface area (Å²) < 4.78 is 13.5. The molecule has 0 aromatic heterocycles. The van der Waals surface area contributed by atoms with Crippen LogP contribution in [0, 0.1) is 12.7 Å². The zero-order valence-corrected chi connectivity index (χ0v) is 14.0. The van der Waals surface area contributed by atoms with Gasteiger partial charge in [-0.3, -0.25) is 4.79 Å². The van der Waals surface area contributed by atoms with Gasteiger partial charge in [-0.25, -0.2) is 4.39 Å². The number of hydrogen-bond acceptors (Lipinski definition) is 3. The number of anilines is 1. The van der Waals surface area contributed by atoms with Crippen molar-refractivity contribution in [2.75, 3.05) is 5.32 Å². The molecule has 0 fully saturated rings. The van der Waals surface area contributed by atoms with E-state index < -0.39 is 17.8 Å². The summed E-state index contributed by atoms with van der Waals surface area (Å²) >= 11 is 5.87. The summed E-state index contributed by atoms with van der Waals surface area (Å²) in [5.41, 5.74) is 7.20. The molecule has 3 N–H and O–H groups in total. The molecular formula is C17H17ClFN3O2. The first-order chi connectivity index (χ1) is 11.4. The average Bonchev–Trinajstić information content (AvgIpc) is 2.55. The standard InChI is InChI=1S/C17H17ClFN3O2/c1-10-6-7-14(9-15(10)19)21-17(23)11(2)24-22-16(20)12-4-3-5-13(18)8-12/h3-9,11H,1-2H3,(H2,20,22)(H,21,23). The summed E-state index contributed by atoms with van der Waals surface area (Å²) in [5.74, 6) is -0.774. The van der Waals surface area contributed by atoms with Gasteiger partial charge in [-0.15, -0.1) is 0 Å². The molecule has 126 valence electrons. The Kier molecular flexibility index (Phi) is 5.76. The zero-order chi connectivity index (χ0) is 17.7. The van der Waals surface area contributed by atoms with E-state index in [1.54, 1.807) is 43.3 Å². The average molecular weight is 350 g/mol. The van der Waals surface area contributed by atoms with Crippen molar-refractivity contribution in [2.45, 2.75) is 20.0 Å². The number of halogens is 2. The first kappa shape index (κ1) is 17.7. The van der Waals surface area contributed by atoms with Crippen molar-refractivity contribution in [1.29, 1.82) is 0 Å². The Bertz CT molecular complexity index is 780. The maximum absolute atomic E-state index is 13.5. The highest BCUT2D eigenvalue weighted by molar-refractivity contribution is 6.31. The monoisotopic (exact) mass is 349 g/mol. The molecule has 0 aliphatic carbocycles. The lowest BCUT2D eigenvalue weighted by Crippen LogP contribution is -2.27. The number of nitrogens with one attached hydrogen (secondary N) is 1. The number of nitrogens with zero attached hydrogens (tertiary/aromatic N) is 1. The van der Waals surface area contributed by atoms with Crippen molar-refractivity contribution in [1.82, 2.24) is 0 Å². The summed E-state index contributed by atoms with van der Waals surface area (Å²) in [6.07, 6.45) is -0.910. The van der Waals surface area contributed by atoms with Gasteiger partial charge in [0.25, 0.3) is 5.91 Å². The van der Waals surface area contributed by atoms with Gasteiger partial charge in [0.05, 0.1) is 0 Å². The number of nitrogens with two attached hydrogens (primary N) is 1. The minimum absolute atomic E-state index is 0.0959. The van der Waals surface area contributed by atoms with E-state index in [2.05, 4.69) is 10.5 Å². The Hall–Kier alpha value is -2.60. The number of carbonyl (C=O) groups is 1. The molecule has 0 aliphatic rings. The van der Waals surface area contributed by atoms with Crippen LogP contribution in [0.25, 0.3) is 0 Å². The SMILES string of the molecule is Cc1ccc(NC(=O)C(C)ON=C(N)c2cccc(Cl)c2)cc1F. The molecule has 0 aliphatic heterocycles. The molecule has 1 atom stereocenters. The van der Waals surface area contributed by atoms with Crippen LogP contribution in [0.1, 0.15) is 18.1 Å². The number of amidine groups is 1. The molecule has 7 heteroatoms. The van der Waals surface area contributed by atoms with Gasteiger partial charge in [-0.2, -0.15) is 0 Å². The van der Waals surface area contributed by atoms with Gasteiger partial charge < -0.3 is 15.9 Å². The Morgan fingerprint density at radius 1 is 1.33 bits per heavy atom. The number of carbonyl (C=O) groups excluding carboxylic acids is 1. The molecule has 0 heterocycles. The predicted molar refractivity (Wildman–Crippen MR) is 92.5 cm³/mol. The number of hydrogen-bond donors (Lipinski definition) is 2. The van der Waals surface area contributed by atoms with Crippen molar-refractivity contribution in [3.63, 3.8) is 0 Å². The molecule has 2 rings (SSSR count). The van der Waals surface area contributed by atoms with E-state index in [1.165, 1.54) is 13.0 Å². The molecule has 0 saturated carbocycles. The first-order valence-electron chi connectivity index (χ1n) is 7.19. The van der Waals surface area contributed by atoms with Crippen LogP contribution >= 0.6 is 11.6 Å². The number of oxime groups is 1. The molecular weight excluding hydrogens is 333 g/mol. The highest BCUT2D eigenvalue weighted by Crippen LogP contribution is 2.14. The van der Waals surface area contributed by atoms with Crippen LogP contribution in [0.4, 0.5) is 10.1 Å².